The Bertz CT molecular complexity index is 1040. The van der Waals surface area contributed by atoms with Crippen LogP contribution in [0.15, 0.2) is 89.8 Å². The number of hydrogen-bond donors (Lipinski definition) is 0. The van der Waals surface area contributed by atoms with E-state index in [1.165, 1.54) is 9.87 Å². The number of aryl methyl sites for hydroxylation is 1. The number of hydrogen-bond acceptors (Lipinski definition) is 3. The third kappa shape index (κ3) is 6.26. The van der Waals surface area contributed by atoms with E-state index < -0.39 is 10.0 Å². The summed E-state index contributed by atoms with van der Waals surface area (Å²) in [6.07, 6.45) is 1.50. The molecular formula is C26H31NO3S. The minimum atomic E-state index is -3.57. The molecule has 2 unspecified atom stereocenters. The molecule has 0 heterocycles. The predicted molar refractivity (Wildman–Crippen MR) is 126 cm³/mol. The molecule has 0 N–H and O–H groups in total. The van der Waals surface area contributed by atoms with Crippen LogP contribution < -0.4 is 0 Å². The van der Waals surface area contributed by atoms with E-state index >= 15 is 0 Å². The molecule has 0 amide bonds. The van der Waals surface area contributed by atoms with Gasteiger partial charge >= 0.3 is 0 Å². The molecule has 3 aromatic rings. The normalized spacial score (nSPS) is 13.8. The van der Waals surface area contributed by atoms with Gasteiger partial charge in [-0.05, 0) is 43.0 Å². The van der Waals surface area contributed by atoms with Crippen LogP contribution in [-0.4, -0.2) is 39.5 Å². The van der Waals surface area contributed by atoms with Crippen LogP contribution in [0.3, 0.4) is 0 Å². The summed E-state index contributed by atoms with van der Waals surface area (Å²) >= 11 is 0. The minimum absolute atomic E-state index is 0.0110. The molecule has 0 spiro atoms. The van der Waals surface area contributed by atoms with Crippen LogP contribution in [0.2, 0.25) is 0 Å². The molecule has 4 nitrogen and oxygen atoms in total. The van der Waals surface area contributed by atoms with Crippen molar-refractivity contribution in [3.8, 4) is 0 Å². The summed E-state index contributed by atoms with van der Waals surface area (Å²) < 4.78 is 33.6. The zero-order chi connectivity index (χ0) is 22.3. The van der Waals surface area contributed by atoms with E-state index in [4.69, 9.17) is 4.74 Å². The predicted octanol–water partition coefficient (Wildman–Crippen LogP) is 5.05. The summed E-state index contributed by atoms with van der Waals surface area (Å²) in [7, 11) is -0.186. The van der Waals surface area contributed by atoms with Crippen molar-refractivity contribution in [2.45, 2.75) is 36.7 Å². The largest absolute Gasteiger partial charge is 0.381 e. The van der Waals surface area contributed by atoms with E-state index in [0.29, 0.717) is 11.4 Å². The molecule has 0 aliphatic carbocycles. The van der Waals surface area contributed by atoms with Gasteiger partial charge in [-0.25, -0.2) is 12.7 Å². The van der Waals surface area contributed by atoms with Gasteiger partial charge in [0, 0.05) is 26.6 Å². The topological polar surface area (TPSA) is 46.6 Å². The molecule has 164 valence electrons. The fourth-order valence-electron chi connectivity index (χ4n) is 3.80. The standard InChI is InChI=1S/C26H31NO3S/c1-21-14-16-26(17-15-21)31(28,29)27(2)20-24(23-12-8-5-9-13-23)19-25(30-3)18-22-10-6-4-7-11-22/h4-17,24-25H,18-20H2,1-3H3. The molecule has 3 rings (SSSR count). The molecule has 31 heavy (non-hydrogen) atoms. The molecule has 3 aromatic carbocycles. The van der Waals surface area contributed by atoms with E-state index in [1.54, 1.807) is 26.3 Å². The Hall–Kier alpha value is -2.47. The molecular weight excluding hydrogens is 406 g/mol. The highest BCUT2D eigenvalue weighted by atomic mass is 32.2. The Kier molecular flexibility index (Phi) is 8.02. The minimum Gasteiger partial charge on any atom is -0.381 e. The van der Waals surface area contributed by atoms with Crippen LogP contribution in [0.1, 0.15) is 29.0 Å². The monoisotopic (exact) mass is 437 g/mol. The molecule has 2 atom stereocenters. The zero-order valence-corrected chi connectivity index (χ0v) is 19.3. The lowest BCUT2D eigenvalue weighted by Crippen LogP contribution is -2.33. The van der Waals surface area contributed by atoms with Gasteiger partial charge in [0.15, 0.2) is 0 Å². The lowest BCUT2D eigenvalue weighted by Gasteiger charge is -2.27. The highest BCUT2D eigenvalue weighted by molar-refractivity contribution is 7.89. The van der Waals surface area contributed by atoms with Gasteiger partial charge in [-0.1, -0.05) is 78.4 Å². The van der Waals surface area contributed by atoms with Crippen molar-refractivity contribution in [2.24, 2.45) is 0 Å². The Labute approximate surface area is 186 Å². The van der Waals surface area contributed by atoms with Crippen molar-refractivity contribution in [1.82, 2.24) is 4.31 Å². The van der Waals surface area contributed by atoms with Crippen molar-refractivity contribution < 1.29 is 13.2 Å². The van der Waals surface area contributed by atoms with Gasteiger partial charge in [0.2, 0.25) is 10.0 Å². The number of methoxy groups -OCH3 is 1. The third-order valence-electron chi connectivity index (χ3n) is 5.66. The Morgan fingerprint density at radius 2 is 1.45 bits per heavy atom. The molecule has 0 aliphatic rings. The molecule has 0 fully saturated rings. The van der Waals surface area contributed by atoms with Crippen LogP contribution in [0, 0.1) is 6.92 Å². The Morgan fingerprint density at radius 3 is 2.03 bits per heavy atom. The quantitative estimate of drug-likeness (QED) is 0.446. The fourth-order valence-corrected chi connectivity index (χ4v) is 5.01. The fraction of sp³-hybridized carbons (Fsp3) is 0.308. The number of sulfonamides is 1. The first-order valence-electron chi connectivity index (χ1n) is 10.5. The highest BCUT2D eigenvalue weighted by Gasteiger charge is 2.26. The lowest BCUT2D eigenvalue weighted by molar-refractivity contribution is 0.0873. The summed E-state index contributed by atoms with van der Waals surface area (Å²) in [5.41, 5.74) is 3.36. The van der Waals surface area contributed by atoms with Crippen molar-refractivity contribution in [3.05, 3.63) is 102 Å². The number of ether oxygens (including phenoxy) is 1. The average molecular weight is 438 g/mol. The van der Waals surface area contributed by atoms with Crippen molar-refractivity contribution in [1.29, 1.82) is 0 Å². The van der Waals surface area contributed by atoms with E-state index in [2.05, 4.69) is 24.3 Å². The maximum Gasteiger partial charge on any atom is 0.242 e. The van der Waals surface area contributed by atoms with E-state index in [9.17, 15) is 8.42 Å². The van der Waals surface area contributed by atoms with Gasteiger partial charge in [-0.2, -0.15) is 0 Å². The van der Waals surface area contributed by atoms with Gasteiger partial charge in [0.25, 0.3) is 0 Å². The van der Waals surface area contributed by atoms with Gasteiger partial charge in [-0.15, -0.1) is 0 Å². The summed E-state index contributed by atoms with van der Waals surface area (Å²) in [5, 5.41) is 0. The summed E-state index contributed by atoms with van der Waals surface area (Å²) in [4.78, 5) is 0.319. The zero-order valence-electron chi connectivity index (χ0n) is 18.4. The maximum atomic E-state index is 13.2. The van der Waals surface area contributed by atoms with Crippen molar-refractivity contribution in [3.63, 3.8) is 0 Å². The van der Waals surface area contributed by atoms with E-state index in [0.717, 1.165) is 24.0 Å². The number of rotatable bonds is 10. The third-order valence-corrected chi connectivity index (χ3v) is 7.50. The van der Waals surface area contributed by atoms with Crippen LogP contribution in [-0.2, 0) is 21.2 Å². The first-order chi connectivity index (χ1) is 14.9. The van der Waals surface area contributed by atoms with Gasteiger partial charge in [0.1, 0.15) is 0 Å². The molecule has 5 heteroatoms. The van der Waals surface area contributed by atoms with Crippen molar-refractivity contribution in [2.75, 3.05) is 20.7 Å². The van der Waals surface area contributed by atoms with Crippen LogP contribution in [0.5, 0.6) is 0 Å². The lowest BCUT2D eigenvalue weighted by atomic mass is 9.90. The number of likely N-dealkylation sites (N-methyl/N-ethyl adjacent to an activating group) is 1. The van der Waals surface area contributed by atoms with Gasteiger partial charge < -0.3 is 4.74 Å². The summed E-state index contributed by atoms with van der Waals surface area (Å²) in [6.45, 7) is 2.33. The Balaban J connectivity index is 1.81. The summed E-state index contributed by atoms with van der Waals surface area (Å²) in [6, 6.07) is 27.3. The molecule has 0 bridgehead atoms. The second-order valence-electron chi connectivity index (χ2n) is 7.99. The van der Waals surface area contributed by atoms with Gasteiger partial charge in [0.05, 0.1) is 11.0 Å². The van der Waals surface area contributed by atoms with Crippen LogP contribution in [0.25, 0.3) is 0 Å². The second-order valence-corrected chi connectivity index (χ2v) is 10.0. The van der Waals surface area contributed by atoms with Gasteiger partial charge in [-0.3, -0.25) is 0 Å². The van der Waals surface area contributed by atoms with E-state index in [-0.39, 0.29) is 12.0 Å². The Morgan fingerprint density at radius 1 is 0.871 bits per heavy atom. The average Bonchev–Trinajstić information content (AvgIpc) is 2.79. The van der Waals surface area contributed by atoms with Crippen LogP contribution in [0.4, 0.5) is 0 Å². The number of nitrogens with zero attached hydrogens (tertiary/aromatic N) is 1. The SMILES string of the molecule is COC(Cc1ccccc1)CC(CN(C)S(=O)(=O)c1ccc(C)cc1)c1ccccc1. The van der Waals surface area contributed by atoms with Crippen LogP contribution >= 0.6 is 0 Å². The molecule has 0 aromatic heterocycles. The number of benzene rings is 3. The summed E-state index contributed by atoms with van der Waals surface area (Å²) in [5.74, 6) is 0.0140. The first kappa shape index (κ1) is 23.2. The van der Waals surface area contributed by atoms with E-state index in [1.807, 2.05) is 55.5 Å². The second kappa shape index (κ2) is 10.7. The maximum absolute atomic E-state index is 13.2. The van der Waals surface area contributed by atoms with Crippen molar-refractivity contribution >= 4 is 10.0 Å². The first-order valence-corrected chi connectivity index (χ1v) is 12.0. The highest BCUT2D eigenvalue weighted by Crippen LogP contribution is 2.27. The molecule has 0 aliphatic heterocycles. The smallest absolute Gasteiger partial charge is 0.242 e. The molecule has 0 radical (unpaired) electrons. The molecule has 0 saturated heterocycles. The molecule has 0 saturated carbocycles.